The van der Waals surface area contributed by atoms with Gasteiger partial charge in [-0.2, -0.15) is 0 Å². The first-order valence-corrected chi connectivity index (χ1v) is 12.4. The Morgan fingerprint density at radius 2 is 1.94 bits per heavy atom. The Hall–Kier alpha value is -2.95. The Bertz CT molecular complexity index is 1200. The second-order valence-electron chi connectivity index (χ2n) is 8.02. The molecule has 7 nitrogen and oxygen atoms in total. The van der Waals surface area contributed by atoms with E-state index in [2.05, 4.69) is 24.1 Å². The predicted molar refractivity (Wildman–Crippen MR) is 132 cm³/mol. The van der Waals surface area contributed by atoms with Gasteiger partial charge in [-0.25, -0.2) is 13.6 Å². The van der Waals surface area contributed by atoms with Gasteiger partial charge in [-0.15, -0.1) is 11.3 Å². The lowest BCUT2D eigenvalue weighted by Gasteiger charge is -2.20. The van der Waals surface area contributed by atoms with Crippen LogP contribution in [-0.2, 0) is 11.3 Å². The minimum Gasteiger partial charge on any atom is -0.442 e. The van der Waals surface area contributed by atoms with E-state index in [9.17, 15) is 9.59 Å². The van der Waals surface area contributed by atoms with Gasteiger partial charge in [0.05, 0.1) is 28.0 Å². The fourth-order valence-corrected chi connectivity index (χ4v) is 4.92. The van der Waals surface area contributed by atoms with Crippen molar-refractivity contribution in [1.82, 2.24) is 14.8 Å². The average molecular weight is 523 g/mol. The van der Waals surface area contributed by atoms with E-state index >= 15 is 8.78 Å². The lowest BCUT2D eigenvalue weighted by Crippen LogP contribution is -2.34. The third kappa shape index (κ3) is 5.50. The minimum absolute atomic E-state index is 0.00397. The molecule has 3 heterocycles. The number of ether oxygens (including phenoxy) is 1. The molecule has 35 heavy (non-hydrogen) atoms. The molecular formula is C24H25ClF2N4O3S. The van der Waals surface area contributed by atoms with Gasteiger partial charge >= 0.3 is 6.09 Å². The molecule has 0 saturated carbocycles. The minimum atomic E-state index is -0.878. The molecule has 1 aromatic carbocycles. The van der Waals surface area contributed by atoms with Crippen LogP contribution < -0.4 is 10.2 Å². The lowest BCUT2D eigenvalue weighted by atomic mass is 10.2. The quantitative estimate of drug-likeness (QED) is 0.426. The molecule has 0 spiro atoms. The number of halogens is 3. The third-order valence-corrected chi connectivity index (χ3v) is 7.05. The highest BCUT2D eigenvalue weighted by Crippen LogP contribution is 2.31. The zero-order chi connectivity index (χ0) is 25.1. The van der Waals surface area contributed by atoms with Crippen molar-refractivity contribution in [3.8, 4) is 5.69 Å². The molecule has 1 saturated heterocycles. The maximum absolute atomic E-state index is 15.1. The highest BCUT2D eigenvalue weighted by molar-refractivity contribution is 7.18. The Morgan fingerprint density at radius 3 is 2.57 bits per heavy atom. The number of thiophene rings is 1. The zero-order valence-electron chi connectivity index (χ0n) is 19.3. The van der Waals surface area contributed by atoms with E-state index in [4.69, 9.17) is 16.3 Å². The Labute approximate surface area is 210 Å². The van der Waals surface area contributed by atoms with Gasteiger partial charge < -0.3 is 14.6 Å². The van der Waals surface area contributed by atoms with Crippen LogP contribution in [0.1, 0.15) is 29.2 Å². The first-order valence-electron chi connectivity index (χ1n) is 11.2. The Kier molecular flexibility index (Phi) is 7.73. The van der Waals surface area contributed by atoms with Crippen molar-refractivity contribution < 1.29 is 23.1 Å². The van der Waals surface area contributed by atoms with Crippen molar-refractivity contribution in [3.05, 3.63) is 69.1 Å². The largest absolute Gasteiger partial charge is 0.442 e. The summed E-state index contributed by atoms with van der Waals surface area (Å²) in [6, 6.07) is 9.32. The van der Waals surface area contributed by atoms with Crippen LogP contribution in [0, 0.1) is 11.6 Å². The lowest BCUT2D eigenvalue weighted by molar-refractivity contribution is 0.0920. The van der Waals surface area contributed by atoms with Gasteiger partial charge in [-0.1, -0.05) is 25.4 Å². The molecule has 2 aromatic heterocycles. The number of aromatic nitrogens is 1. The summed E-state index contributed by atoms with van der Waals surface area (Å²) in [6.45, 7) is 6.33. The van der Waals surface area contributed by atoms with Gasteiger partial charge in [-0.05, 0) is 37.4 Å². The first kappa shape index (κ1) is 25.2. The van der Waals surface area contributed by atoms with Crippen LogP contribution in [0.25, 0.3) is 5.69 Å². The van der Waals surface area contributed by atoms with Gasteiger partial charge in [0.2, 0.25) is 0 Å². The standard InChI is InChI=1S/C24H25ClF2N4O3S/c1-3-29(4-2)13-15-6-5-9-30(15)16-10-18(26)22(19(27)11-16)31-14-17(34-24(31)33)12-28-23(32)20-7-8-21(25)35-20/h5-11,17H,3-4,12-14H2,1-2H3,(H,28,32)/t17-/m0/s1. The molecule has 1 atom stereocenters. The molecule has 186 valence electrons. The summed E-state index contributed by atoms with van der Waals surface area (Å²) in [6.07, 6.45) is 0.110. The van der Waals surface area contributed by atoms with Crippen molar-refractivity contribution in [1.29, 1.82) is 0 Å². The topological polar surface area (TPSA) is 66.8 Å². The van der Waals surface area contributed by atoms with E-state index in [1.165, 1.54) is 12.1 Å². The molecule has 0 radical (unpaired) electrons. The van der Waals surface area contributed by atoms with Gasteiger partial charge in [0.25, 0.3) is 5.91 Å². The SMILES string of the molecule is CCN(CC)Cc1cccn1-c1cc(F)c(N2C[C@H](CNC(=O)c3ccc(Cl)s3)OC2=O)c(F)c1. The first-order chi connectivity index (χ1) is 16.8. The number of hydrogen-bond acceptors (Lipinski definition) is 5. The van der Waals surface area contributed by atoms with Crippen LogP contribution in [-0.4, -0.2) is 53.8 Å². The number of nitrogens with zero attached hydrogens (tertiary/aromatic N) is 3. The average Bonchev–Trinajstić information content (AvgIpc) is 3.56. The highest BCUT2D eigenvalue weighted by atomic mass is 35.5. The maximum atomic E-state index is 15.1. The number of benzene rings is 1. The second kappa shape index (κ2) is 10.8. The molecule has 2 amide bonds. The van der Waals surface area contributed by atoms with Crippen molar-refractivity contribution in [2.24, 2.45) is 0 Å². The van der Waals surface area contributed by atoms with Crippen molar-refractivity contribution in [3.63, 3.8) is 0 Å². The van der Waals surface area contributed by atoms with Gasteiger partial charge in [0.1, 0.15) is 11.8 Å². The third-order valence-electron chi connectivity index (χ3n) is 5.82. The molecule has 1 fully saturated rings. The van der Waals surface area contributed by atoms with E-state index in [0.29, 0.717) is 21.4 Å². The summed E-state index contributed by atoms with van der Waals surface area (Å²) in [7, 11) is 0. The summed E-state index contributed by atoms with van der Waals surface area (Å²) in [5.74, 6) is -2.12. The molecule has 4 rings (SSSR count). The van der Waals surface area contributed by atoms with Crippen LogP contribution in [0.4, 0.5) is 19.3 Å². The molecule has 0 bridgehead atoms. The smallest absolute Gasteiger partial charge is 0.415 e. The molecule has 0 aliphatic carbocycles. The van der Waals surface area contributed by atoms with Crippen LogP contribution in [0.2, 0.25) is 4.34 Å². The molecule has 0 unspecified atom stereocenters. The number of hydrogen-bond donors (Lipinski definition) is 1. The van der Waals surface area contributed by atoms with Crippen molar-refractivity contribution >= 4 is 40.6 Å². The van der Waals surface area contributed by atoms with Crippen LogP contribution >= 0.6 is 22.9 Å². The molecule has 1 N–H and O–H groups in total. The number of amides is 2. The van der Waals surface area contributed by atoms with E-state index < -0.39 is 29.5 Å². The summed E-state index contributed by atoms with van der Waals surface area (Å²) in [5.41, 5.74) is 0.737. The number of rotatable bonds is 9. The van der Waals surface area contributed by atoms with E-state index in [1.807, 2.05) is 12.1 Å². The highest BCUT2D eigenvalue weighted by Gasteiger charge is 2.36. The number of nitrogens with one attached hydrogen (secondary N) is 1. The van der Waals surface area contributed by atoms with Gasteiger partial charge in [-0.3, -0.25) is 14.6 Å². The fourth-order valence-electron chi connectivity index (χ4n) is 3.96. The van der Waals surface area contributed by atoms with Crippen LogP contribution in [0.3, 0.4) is 0 Å². The summed E-state index contributed by atoms with van der Waals surface area (Å²) in [5, 5.41) is 2.65. The fraction of sp³-hybridized carbons (Fsp3) is 0.333. The number of carbonyl (C=O) groups is 2. The summed E-state index contributed by atoms with van der Waals surface area (Å²) < 4.78 is 37.7. The second-order valence-corrected chi connectivity index (χ2v) is 9.73. The van der Waals surface area contributed by atoms with Gasteiger partial charge in [0, 0.05) is 30.6 Å². The molecular weight excluding hydrogens is 498 g/mol. The van der Waals surface area contributed by atoms with Crippen LogP contribution in [0.15, 0.2) is 42.6 Å². The van der Waals surface area contributed by atoms with E-state index in [0.717, 1.165) is 35.0 Å². The predicted octanol–water partition coefficient (Wildman–Crippen LogP) is 5.07. The van der Waals surface area contributed by atoms with Crippen molar-refractivity contribution in [2.45, 2.75) is 26.5 Å². The van der Waals surface area contributed by atoms with Crippen LogP contribution in [0.5, 0.6) is 0 Å². The zero-order valence-corrected chi connectivity index (χ0v) is 20.8. The number of cyclic esters (lactones) is 1. The molecule has 1 aliphatic heterocycles. The molecule has 3 aromatic rings. The number of anilines is 1. The van der Waals surface area contributed by atoms with E-state index in [1.54, 1.807) is 22.9 Å². The maximum Gasteiger partial charge on any atom is 0.415 e. The van der Waals surface area contributed by atoms with E-state index in [-0.39, 0.29) is 19.0 Å². The monoisotopic (exact) mass is 522 g/mol. The Morgan fingerprint density at radius 1 is 1.23 bits per heavy atom. The normalized spacial score (nSPS) is 15.7. The van der Waals surface area contributed by atoms with Crippen molar-refractivity contribution in [2.75, 3.05) is 31.1 Å². The van der Waals surface area contributed by atoms with Gasteiger partial charge in [0.15, 0.2) is 11.6 Å². The molecule has 11 heteroatoms. The number of carbonyl (C=O) groups excluding carboxylic acids is 2. The molecule has 1 aliphatic rings. The summed E-state index contributed by atoms with van der Waals surface area (Å²) in [4.78, 5) is 28.1. The Balaban J connectivity index is 1.48. The summed E-state index contributed by atoms with van der Waals surface area (Å²) >= 11 is 6.96.